The Hall–Kier alpha value is -1.78. The molecule has 104 valence electrons. The first-order valence-corrected chi connectivity index (χ1v) is 6.94. The average molecular weight is 285 g/mol. The van der Waals surface area contributed by atoms with Crippen LogP contribution in [0, 0.1) is 6.92 Å². The van der Waals surface area contributed by atoms with E-state index >= 15 is 0 Å². The van der Waals surface area contributed by atoms with Gasteiger partial charge in [0.25, 0.3) is 0 Å². The van der Waals surface area contributed by atoms with Crippen LogP contribution in [-0.2, 0) is 13.1 Å². The van der Waals surface area contributed by atoms with E-state index in [0.29, 0.717) is 10.7 Å². The highest BCUT2D eigenvalue weighted by molar-refractivity contribution is 7.80. The predicted octanol–water partition coefficient (Wildman–Crippen LogP) is 2.66. The summed E-state index contributed by atoms with van der Waals surface area (Å²) in [6.45, 7) is 3.86. The molecule has 0 radical (unpaired) electrons. The SMILES string of the molecule is Cc1cccc(CN(C)Cc2ccnc(C(N)=S)c2)c1. The maximum atomic E-state index is 5.61. The normalized spacial score (nSPS) is 10.8. The minimum atomic E-state index is 0.341. The van der Waals surface area contributed by atoms with E-state index in [-0.39, 0.29) is 0 Å². The van der Waals surface area contributed by atoms with Crippen LogP contribution in [0.25, 0.3) is 0 Å². The fourth-order valence-electron chi connectivity index (χ4n) is 2.20. The van der Waals surface area contributed by atoms with E-state index in [4.69, 9.17) is 18.0 Å². The average Bonchev–Trinajstić information content (AvgIpc) is 2.38. The van der Waals surface area contributed by atoms with Gasteiger partial charge in [0.1, 0.15) is 4.99 Å². The van der Waals surface area contributed by atoms with Gasteiger partial charge < -0.3 is 5.73 Å². The minimum Gasteiger partial charge on any atom is -0.388 e. The molecule has 0 fully saturated rings. The minimum absolute atomic E-state index is 0.341. The molecule has 0 spiro atoms. The number of hydrogen-bond acceptors (Lipinski definition) is 3. The number of pyridine rings is 1. The molecule has 1 heterocycles. The number of rotatable bonds is 5. The maximum absolute atomic E-state index is 5.61. The number of nitrogens with zero attached hydrogens (tertiary/aromatic N) is 2. The number of aromatic nitrogens is 1. The summed E-state index contributed by atoms with van der Waals surface area (Å²) in [7, 11) is 2.10. The van der Waals surface area contributed by atoms with Gasteiger partial charge >= 0.3 is 0 Å². The molecule has 2 rings (SSSR count). The zero-order valence-corrected chi connectivity index (χ0v) is 12.7. The van der Waals surface area contributed by atoms with Crippen molar-refractivity contribution in [1.82, 2.24) is 9.88 Å². The first-order valence-electron chi connectivity index (χ1n) is 6.53. The van der Waals surface area contributed by atoms with Crippen molar-refractivity contribution in [3.63, 3.8) is 0 Å². The molecule has 0 unspecified atom stereocenters. The van der Waals surface area contributed by atoms with Crippen LogP contribution >= 0.6 is 12.2 Å². The van der Waals surface area contributed by atoms with Crippen molar-refractivity contribution in [3.8, 4) is 0 Å². The van der Waals surface area contributed by atoms with Crippen molar-refractivity contribution in [2.24, 2.45) is 5.73 Å². The Balaban J connectivity index is 2.02. The summed E-state index contributed by atoms with van der Waals surface area (Å²) in [6, 6.07) is 12.5. The van der Waals surface area contributed by atoms with Crippen LogP contribution in [0.2, 0.25) is 0 Å². The number of nitrogens with two attached hydrogens (primary N) is 1. The molecule has 0 amide bonds. The molecule has 0 saturated carbocycles. The quantitative estimate of drug-likeness (QED) is 0.858. The molecule has 2 aromatic rings. The molecule has 0 aliphatic heterocycles. The lowest BCUT2D eigenvalue weighted by Crippen LogP contribution is -2.18. The van der Waals surface area contributed by atoms with E-state index in [1.54, 1.807) is 6.20 Å². The maximum Gasteiger partial charge on any atom is 0.122 e. The summed E-state index contributed by atoms with van der Waals surface area (Å²) in [5, 5.41) is 0. The number of thiocarbonyl (C=S) groups is 1. The first-order chi connectivity index (χ1) is 9.54. The van der Waals surface area contributed by atoms with E-state index in [1.807, 2.05) is 12.1 Å². The van der Waals surface area contributed by atoms with E-state index in [9.17, 15) is 0 Å². The molecule has 4 heteroatoms. The molecule has 1 aromatic carbocycles. The topological polar surface area (TPSA) is 42.2 Å². The van der Waals surface area contributed by atoms with Crippen LogP contribution in [0.5, 0.6) is 0 Å². The summed E-state index contributed by atoms with van der Waals surface area (Å²) >= 11 is 4.96. The van der Waals surface area contributed by atoms with Gasteiger partial charge in [0.05, 0.1) is 5.69 Å². The predicted molar refractivity (Wildman–Crippen MR) is 86.5 cm³/mol. The number of benzene rings is 1. The smallest absolute Gasteiger partial charge is 0.122 e. The Kier molecular flexibility index (Phi) is 4.82. The van der Waals surface area contributed by atoms with Gasteiger partial charge in [0.2, 0.25) is 0 Å². The van der Waals surface area contributed by atoms with Crippen molar-refractivity contribution in [3.05, 3.63) is 65.0 Å². The van der Waals surface area contributed by atoms with Gasteiger partial charge in [-0.25, -0.2) is 0 Å². The lowest BCUT2D eigenvalue weighted by Gasteiger charge is -2.17. The second-order valence-corrected chi connectivity index (χ2v) is 5.51. The van der Waals surface area contributed by atoms with E-state index < -0.39 is 0 Å². The standard InChI is InChI=1S/C16H19N3S/c1-12-4-3-5-13(8-12)10-19(2)11-14-6-7-18-15(9-14)16(17)20/h3-9H,10-11H2,1-2H3,(H2,17,20). The Morgan fingerprint density at radius 1 is 1.20 bits per heavy atom. The molecule has 0 atom stereocenters. The third-order valence-corrected chi connectivity index (χ3v) is 3.27. The molecule has 0 aliphatic carbocycles. The van der Waals surface area contributed by atoms with Crippen LogP contribution in [0.3, 0.4) is 0 Å². The lowest BCUT2D eigenvalue weighted by molar-refractivity contribution is 0.319. The second kappa shape index (κ2) is 6.59. The zero-order valence-electron chi connectivity index (χ0n) is 11.8. The summed E-state index contributed by atoms with van der Waals surface area (Å²) < 4.78 is 0. The summed E-state index contributed by atoms with van der Waals surface area (Å²) in [5.74, 6) is 0. The third-order valence-electron chi connectivity index (χ3n) is 3.06. The number of aryl methyl sites for hydroxylation is 1. The highest BCUT2D eigenvalue weighted by atomic mass is 32.1. The zero-order chi connectivity index (χ0) is 14.5. The Morgan fingerprint density at radius 2 is 1.90 bits per heavy atom. The highest BCUT2D eigenvalue weighted by Gasteiger charge is 2.04. The molecule has 2 N–H and O–H groups in total. The molecule has 0 bridgehead atoms. The fourth-order valence-corrected chi connectivity index (χ4v) is 2.31. The second-order valence-electron chi connectivity index (χ2n) is 5.07. The molecule has 20 heavy (non-hydrogen) atoms. The fraction of sp³-hybridized carbons (Fsp3) is 0.250. The first kappa shape index (κ1) is 14.6. The van der Waals surface area contributed by atoms with Gasteiger partial charge in [-0.3, -0.25) is 9.88 Å². The number of hydrogen-bond donors (Lipinski definition) is 1. The molecular weight excluding hydrogens is 266 g/mol. The van der Waals surface area contributed by atoms with Gasteiger partial charge in [-0.1, -0.05) is 42.0 Å². The molecule has 1 aromatic heterocycles. The van der Waals surface area contributed by atoms with E-state index in [1.165, 1.54) is 11.1 Å². The summed E-state index contributed by atoms with van der Waals surface area (Å²) in [4.78, 5) is 6.76. The van der Waals surface area contributed by atoms with Crippen LogP contribution < -0.4 is 5.73 Å². The van der Waals surface area contributed by atoms with E-state index in [0.717, 1.165) is 18.7 Å². The largest absolute Gasteiger partial charge is 0.388 e. The molecule has 3 nitrogen and oxygen atoms in total. The Morgan fingerprint density at radius 3 is 2.55 bits per heavy atom. The van der Waals surface area contributed by atoms with Crippen molar-refractivity contribution in [1.29, 1.82) is 0 Å². The Bertz CT molecular complexity index is 610. The molecular formula is C16H19N3S. The van der Waals surface area contributed by atoms with Gasteiger partial charge in [-0.05, 0) is 37.2 Å². The van der Waals surface area contributed by atoms with Crippen molar-refractivity contribution in [2.45, 2.75) is 20.0 Å². The van der Waals surface area contributed by atoms with E-state index in [2.05, 4.69) is 48.1 Å². The Labute approximate surface area is 125 Å². The van der Waals surface area contributed by atoms with Gasteiger partial charge in [-0.15, -0.1) is 0 Å². The van der Waals surface area contributed by atoms with Gasteiger partial charge in [0.15, 0.2) is 0 Å². The van der Waals surface area contributed by atoms with Crippen molar-refractivity contribution < 1.29 is 0 Å². The van der Waals surface area contributed by atoms with Crippen LogP contribution in [0.4, 0.5) is 0 Å². The van der Waals surface area contributed by atoms with Gasteiger partial charge in [-0.2, -0.15) is 0 Å². The summed E-state index contributed by atoms with van der Waals surface area (Å²) in [5.41, 5.74) is 10.1. The van der Waals surface area contributed by atoms with Crippen LogP contribution in [-0.4, -0.2) is 21.9 Å². The van der Waals surface area contributed by atoms with Crippen molar-refractivity contribution in [2.75, 3.05) is 7.05 Å². The van der Waals surface area contributed by atoms with Gasteiger partial charge in [0, 0.05) is 19.3 Å². The van der Waals surface area contributed by atoms with Crippen LogP contribution in [0.15, 0.2) is 42.6 Å². The lowest BCUT2D eigenvalue weighted by atomic mass is 10.1. The monoisotopic (exact) mass is 285 g/mol. The highest BCUT2D eigenvalue weighted by Crippen LogP contribution is 2.10. The third kappa shape index (κ3) is 4.11. The van der Waals surface area contributed by atoms with Crippen LogP contribution in [0.1, 0.15) is 22.4 Å². The molecule has 0 saturated heterocycles. The summed E-state index contributed by atoms with van der Waals surface area (Å²) in [6.07, 6.45) is 1.75. The van der Waals surface area contributed by atoms with Crippen molar-refractivity contribution >= 4 is 17.2 Å². The molecule has 0 aliphatic rings.